The summed E-state index contributed by atoms with van der Waals surface area (Å²) < 4.78 is 45.8. The van der Waals surface area contributed by atoms with Gasteiger partial charge in [-0.2, -0.15) is 18.2 Å². The molecule has 2 aromatic heterocycles. The molecule has 2 aliphatic heterocycles. The molecule has 0 bridgehead atoms. The number of nitrogens with zero attached hydrogens (tertiary/aromatic N) is 5. The topological polar surface area (TPSA) is 128 Å². The van der Waals surface area contributed by atoms with Crippen molar-refractivity contribution in [3.8, 4) is 5.75 Å². The van der Waals surface area contributed by atoms with Crippen LogP contribution in [0.4, 0.5) is 42.1 Å². The molecule has 14 heteroatoms. The molecule has 4 N–H and O–H groups in total. The van der Waals surface area contributed by atoms with Crippen LogP contribution in [0.1, 0.15) is 16.1 Å². The van der Waals surface area contributed by atoms with Gasteiger partial charge in [-0.1, -0.05) is 6.08 Å². The number of fused-ring (bicyclic) bond motifs is 1. The Balaban J connectivity index is 1.40. The molecule has 4 heterocycles. The van der Waals surface area contributed by atoms with Crippen LogP contribution in [0.2, 0.25) is 0 Å². The van der Waals surface area contributed by atoms with Crippen molar-refractivity contribution in [2.75, 3.05) is 61.9 Å². The molecule has 1 saturated heterocycles. The van der Waals surface area contributed by atoms with E-state index in [2.05, 4.69) is 54.3 Å². The summed E-state index contributed by atoms with van der Waals surface area (Å²) in [5, 5.41) is 18.8. The third-order valence-corrected chi connectivity index (χ3v) is 6.83. The Morgan fingerprint density at radius 2 is 1.85 bits per heavy atom. The van der Waals surface area contributed by atoms with E-state index in [1.165, 1.54) is 24.4 Å². The first-order chi connectivity index (χ1) is 19.6. The van der Waals surface area contributed by atoms with Crippen LogP contribution in [0.15, 0.2) is 55.3 Å². The highest BCUT2D eigenvalue weighted by Crippen LogP contribution is 2.46. The number of benzene rings is 1. The number of carbonyl (C=O) groups is 1. The van der Waals surface area contributed by atoms with Crippen LogP contribution in [0.25, 0.3) is 0 Å². The highest BCUT2D eigenvalue weighted by molar-refractivity contribution is 5.99. The fourth-order valence-electron chi connectivity index (χ4n) is 4.43. The molecule has 11 nitrogen and oxygen atoms in total. The molecule has 0 radical (unpaired) electrons. The maximum Gasteiger partial charge on any atom is 0.426 e. The predicted molar refractivity (Wildman–Crippen MR) is 147 cm³/mol. The summed E-state index contributed by atoms with van der Waals surface area (Å²) in [6.07, 6.45) is -2.23. The van der Waals surface area contributed by atoms with Gasteiger partial charge in [0, 0.05) is 50.3 Å². The van der Waals surface area contributed by atoms with Gasteiger partial charge in [0.05, 0.1) is 0 Å². The first-order valence-electron chi connectivity index (χ1n) is 12.8. The SMILES string of the molecule is C=CCNC(=O)c1cnc(Nc2ccc(N3CCN(C)CC3)cc2)nc1Nc1ccc2c(n1)C(O)(C(F)(F)F)CO2. The molecule has 1 aromatic carbocycles. The van der Waals surface area contributed by atoms with Gasteiger partial charge >= 0.3 is 6.18 Å². The molecule has 5 rings (SSSR count). The molecule has 216 valence electrons. The van der Waals surface area contributed by atoms with Gasteiger partial charge in [-0.15, -0.1) is 6.58 Å². The van der Waals surface area contributed by atoms with E-state index >= 15 is 0 Å². The number of aliphatic hydroxyl groups is 1. The number of hydrogen-bond acceptors (Lipinski definition) is 10. The van der Waals surface area contributed by atoms with Crippen molar-refractivity contribution in [2.45, 2.75) is 11.8 Å². The Morgan fingerprint density at radius 3 is 2.54 bits per heavy atom. The number of hydrogen-bond donors (Lipinski definition) is 4. The summed E-state index contributed by atoms with van der Waals surface area (Å²) in [6.45, 7) is 6.56. The largest absolute Gasteiger partial charge is 0.488 e. The zero-order valence-corrected chi connectivity index (χ0v) is 22.2. The lowest BCUT2D eigenvalue weighted by Gasteiger charge is -2.34. The summed E-state index contributed by atoms with van der Waals surface area (Å²) >= 11 is 0. The number of rotatable bonds is 8. The van der Waals surface area contributed by atoms with E-state index in [0.717, 1.165) is 31.9 Å². The minimum Gasteiger partial charge on any atom is -0.488 e. The summed E-state index contributed by atoms with van der Waals surface area (Å²) in [6, 6.07) is 10.4. The Kier molecular flexibility index (Phi) is 7.69. The van der Waals surface area contributed by atoms with Crippen LogP contribution >= 0.6 is 0 Å². The summed E-state index contributed by atoms with van der Waals surface area (Å²) in [5.41, 5.74) is -2.14. The van der Waals surface area contributed by atoms with Crippen LogP contribution in [-0.2, 0) is 5.60 Å². The fourth-order valence-corrected chi connectivity index (χ4v) is 4.43. The normalized spacial score (nSPS) is 18.8. The van der Waals surface area contributed by atoms with Gasteiger partial charge in [0.2, 0.25) is 11.5 Å². The van der Waals surface area contributed by atoms with Crippen LogP contribution in [0.5, 0.6) is 5.75 Å². The zero-order chi connectivity index (χ0) is 29.2. The van der Waals surface area contributed by atoms with Crippen LogP contribution in [0, 0.1) is 0 Å². The Bertz CT molecular complexity index is 1430. The van der Waals surface area contributed by atoms with Crippen molar-refractivity contribution in [3.05, 3.63) is 66.5 Å². The van der Waals surface area contributed by atoms with Crippen molar-refractivity contribution < 1.29 is 27.8 Å². The van der Waals surface area contributed by atoms with E-state index in [4.69, 9.17) is 4.74 Å². The average Bonchev–Trinajstić information content (AvgIpc) is 3.30. The second kappa shape index (κ2) is 11.2. The van der Waals surface area contributed by atoms with Gasteiger partial charge < -0.3 is 35.6 Å². The van der Waals surface area contributed by atoms with Crippen molar-refractivity contribution in [1.29, 1.82) is 0 Å². The van der Waals surface area contributed by atoms with Crippen molar-refractivity contribution in [2.24, 2.45) is 0 Å². The molecule has 41 heavy (non-hydrogen) atoms. The van der Waals surface area contributed by atoms with Gasteiger partial charge in [-0.3, -0.25) is 4.79 Å². The number of amides is 1. The number of pyridine rings is 1. The number of nitrogens with one attached hydrogen (secondary N) is 3. The number of anilines is 5. The molecule has 3 aromatic rings. The highest BCUT2D eigenvalue weighted by atomic mass is 19.4. The van der Waals surface area contributed by atoms with E-state index < -0.39 is 30.0 Å². The number of carbonyl (C=O) groups excluding carboxylic acids is 1. The molecular weight excluding hydrogens is 541 g/mol. The lowest BCUT2D eigenvalue weighted by Crippen LogP contribution is -2.44. The quantitative estimate of drug-likeness (QED) is 0.300. The molecule has 0 aliphatic carbocycles. The first-order valence-corrected chi connectivity index (χ1v) is 12.8. The van der Waals surface area contributed by atoms with Gasteiger partial charge in [0.25, 0.3) is 5.91 Å². The number of aromatic nitrogens is 3. The summed E-state index contributed by atoms with van der Waals surface area (Å²) in [4.78, 5) is 30.0. The Labute approximate surface area is 234 Å². The molecule has 1 atom stereocenters. The lowest BCUT2D eigenvalue weighted by atomic mass is 10.0. The maximum atomic E-state index is 13.6. The third kappa shape index (κ3) is 5.88. The van der Waals surface area contributed by atoms with Crippen molar-refractivity contribution in [1.82, 2.24) is 25.2 Å². The molecule has 1 unspecified atom stereocenters. The summed E-state index contributed by atoms with van der Waals surface area (Å²) in [7, 11) is 2.10. The van der Waals surface area contributed by atoms with Crippen molar-refractivity contribution >= 4 is 34.9 Å². The fraction of sp³-hybridized carbons (Fsp3) is 0.333. The molecular formula is C27H29F3N8O3. The monoisotopic (exact) mass is 570 g/mol. The lowest BCUT2D eigenvalue weighted by molar-refractivity contribution is -0.268. The van der Waals surface area contributed by atoms with E-state index in [1.807, 2.05) is 24.3 Å². The molecule has 1 fully saturated rings. The van der Waals surface area contributed by atoms with Crippen LogP contribution in [0.3, 0.4) is 0 Å². The maximum absolute atomic E-state index is 13.6. The minimum absolute atomic E-state index is 0.0139. The Hall–Kier alpha value is -4.43. The molecule has 0 spiro atoms. The van der Waals surface area contributed by atoms with Gasteiger partial charge in [0.1, 0.15) is 35.2 Å². The highest BCUT2D eigenvalue weighted by Gasteiger charge is 2.61. The van der Waals surface area contributed by atoms with E-state index in [9.17, 15) is 23.1 Å². The first kappa shape index (κ1) is 28.1. The average molecular weight is 571 g/mol. The second-order valence-corrected chi connectivity index (χ2v) is 9.73. The number of halogens is 3. The van der Waals surface area contributed by atoms with E-state index in [0.29, 0.717) is 5.69 Å². The van der Waals surface area contributed by atoms with Gasteiger partial charge in [-0.05, 0) is 43.4 Å². The molecule has 1 amide bonds. The predicted octanol–water partition coefficient (Wildman–Crippen LogP) is 3.17. The number of ether oxygens (including phenoxy) is 1. The van der Waals surface area contributed by atoms with Crippen LogP contribution in [-0.4, -0.2) is 83.4 Å². The van der Waals surface area contributed by atoms with E-state index in [1.54, 1.807) is 0 Å². The van der Waals surface area contributed by atoms with Gasteiger partial charge in [-0.25, -0.2) is 9.97 Å². The third-order valence-electron chi connectivity index (χ3n) is 6.83. The molecule has 2 aliphatic rings. The number of piperazine rings is 1. The Morgan fingerprint density at radius 1 is 1.12 bits per heavy atom. The zero-order valence-electron chi connectivity index (χ0n) is 22.2. The van der Waals surface area contributed by atoms with Gasteiger partial charge in [0.15, 0.2) is 0 Å². The van der Waals surface area contributed by atoms with Crippen LogP contribution < -0.4 is 25.6 Å². The van der Waals surface area contributed by atoms with Crippen molar-refractivity contribution in [3.63, 3.8) is 0 Å². The summed E-state index contributed by atoms with van der Waals surface area (Å²) in [5.74, 6) is -0.691. The number of alkyl halides is 3. The number of likely N-dealkylation sites (N-methyl/N-ethyl adjacent to an activating group) is 1. The standard InChI is InChI=1S/C27H29F3N8O3/c1-3-10-31-24(39)19-15-32-25(33-17-4-6-18(7-5-17)38-13-11-37(2)12-14-38)36-23(19)35-21-9-8-20-22(34-21)26(40,16-41-20)27(28,29)30/h3-9,15,40H,1,10-14,16H2,2H3,(H,31,39)(H2,32,33,34,35,36). The van der Waals surface area contributed by atoms with E-state index in [-0.39, 0.29) is 35.4 Å². The minimum atomic E-state index is -5.01. The molecule has 0 saturated carbocycles. The smallest absolute Gasteiger partial charge is 0.426 e. The second-order valence-electron chi connectivity index (χ2n) is 9.73.